The van der Waals surface area contributed by atoms with Gasteiger partial charge in [-0.2, -0.15) is 4.98 Å². The summed E-state index contributed by atoms with van der Waals surface area (Å²) >= 11 is 0. The van der Waals surface area contributed by atoms with E-state index in [1.807, 2.05) is 6.92 Å². The normalized spacial score (nSPS) is 19.7. The van der Waals surface area contributed by atoms with Gasteiger partial charge in [-0.1, -0.05) is 25.9 Å². The standard InChI is InChI=1S/C15H26N4O3/c1-5-13(14-16-11(4)22-18-14)17-15(20)19-7-6-12(8-19)21-9-10(2)3/h10,12-13H,5-9H2,1-4H3,(H,17,20)/t12-,13+/m0/s1. The molecule has 1 aliphatic rings. The van der Waals surface area contributed by atoms with Gasteiger partial charge >= 0.3 is 6.03 Å². The number of hydrogen-bond donors (Lipinski definition) is 1. The lowest BCUT2D eigenvalue weighted by molar-refractivity contribution is 0.0435. The van der Waals surface area contributed by atoms with Crippen LogP contribution in [0.1, 0.15) is 51.4 Å². The fourth-order valence-electron chi connectivity index (χ4n) is 2.42. The van der Waals surface area contributed by atoms with Gasteiger partial charge in [0.05, 0.1) is 12.1 Å². The van der Waals surface area contributed by atoms with Crippen molar-refractivity contribution in [3.05, 3.63) is 11.7 Å². The Labute approximate surface area is 131 Å². The topological polar surface area (TPSA) is 80.5 Å². The van der Waals surface area contributed by atoms with E-state index in [-0.39, 0.29) is 18.2 Å². The maximum atomic E-state index is 12.4. The first-order chi connectivity index (χ1) is 10.5. The molecule has 2 amide bonds. The molecule has 0 saturated carbocycles. The van der Waals surface area contributed by atoms with Gasteiger partial charge in [0.2, 0.25) is 5.89 Å². The Morgan fingerprint density at radius 1 is 1.55 bits per heavy atom. The highest BCUT2D eigenvalue weighted by molar-refractivity contribution is 5.75. The fourth-order valence-corrected chi connectivity index (χ4v) is 2.42. The van der Waals surface area contributed by atoms with E-state index in [1.54, 1.807) is 11.8 Å². The first-order valence-corrected chi connectivity index (χ1v) is 7.96. The summed E-state index contributed by atoms with van der Waals surface area (Å²) in [7, 11) is 0. The van der Waals surface area contributed by atoms with Crippen LogP contribution in [-0.2, 0) is 4.74 Å². The van der Waals surface area contributed by atoms with Crippen LogP contribution in [0.5, 0.6) is 0 Å². The molecule has 2 rings (SSSR count). The van der Waals surface area contributed by atoms with Crippen molar-refractivity contribution in [2.45, 2.75) is 52.7 Å². The van der Waals surface area contributed by atoms with E-state index in [1.165, 1.54) is 0 Å². The summed E-state index contributed by atoms with van der Waals surface area (Å²) < 4.78 is 10.8. The van der Waals surface area contributed by atoms with Crippen LogP contribution in [0.4, 0.5) is 4.79 Å². The zero-order valence-electron chi connectivity index (χ0n) is 13.8. The lowest BCUT2D eigenvalue weighted by Gasteiger charge is -2.21. The van der Waals surface area contributed by atoms with E-state index in [2.05, 4.69) is 29.3 Å². The zero-order chi connectivity index (χ0) is 16.1. The molecule has 1 fully saturated rings. The number of aromatic nitrogens is 2. The van der Waals surface area contributed by atoms with Gasteiger partial charge in [-0.05, 0) is 18.8 Å². The largest absolute Gasteiger partial charge is 0.376 e. The molecular formula is C15H26N4O3. The number of carbonyl (C=O) groups is 1. The third-order valence-corrected chi connectivity index (χ3v) is 3.66. The molecule has 1 aromatic heterocycles. The van der Waals surface area contributed by atoms with E-state index < -0.39 is 0 Å². The molecule has 0 spiro atoms. The van der Waals surface area contributed by atoms with Crippen LogP contribution in [-0.4, -0.2) is 46.9 Å². The predicted molar refractivity (Wildman–Crippen MR) is 81.4 cm³/mol. The molecule has 0 bridgehead atoms. The second-order valence-electron chi connectivity index (χ2n) is 6.17. The first kappa shape index (κ1) is 16.7. The Balaban J connectivity index is 1.84. The molecule has 1 N–H and O–H groups in total. The molecule has 7 heteroatoms. The number of ether oxygens (including phenoxy) is 1. The van der Waals surface area contributed by atoms with Crippen molar-refractivity contribution in [2.75, 3.05) is 19.7 Å². The van der Waals surface area contributed by atoms with Gasteiger partial charge in [-0.3, -0.25) is 0 Å². The summed E-state index contributed by atoms with van der Waals surface area (Å²) in [5.41, 5.74) is 0. The average Bonchev–Trinajstić information content (AvgIpc) is 3.11. The van der Waals surface area contributed by atoms with Crippen LogP contribution in [0.3, 0.4) is 0 Å². The minimum atomic E-state index is -0.222. The van der Waals surface area contributed by atoms with Gasteiger partial charge in [-0.25, -0.2) is 4.79 Å². The van der Waals surface area contributed by atoms with Gasteiger partial charge in [-0.15, -0.1) is 0 Å². The van der Waals surface area contributed by atoms with Crippen LogP contribution < -0.4 is 5.32 Å². The molecule has 0 aromatic carbocycles. The molecule has 1 saturated heterocycles. The number of hydrogen-bond acceptors (Lipinski definition) is 5. The predicted octanol–water partition coefficient (Wildman–Crippen LogP) is 2.29. The van der Waals surface area contributed by atoms with Crippen LogP contribution >= 0.6 is 0 Å². The van der Waals surface area contributed by atoms with Crippen LogP contribution in [0, 0.1) is 12.8 Å². The highest BCUT2D eigenvalue weighted by Gasteiger charge is 2.29. The highest BCUT2D eigenvalue weighted by Crippen LogP contribution is 2.17. The molecule has 2 atom stereocenters. The van der Waals surface area contributed by atoms with E-state index in [0.717, 1.165) is 19.6 Å². The monoisotopic (exact) mass is 310 g/mol. The minimum Gasteiger partial charge on any atom is -0.376 e. The van der Waals surface area contributed by atoms with Crippen molar-refractivity contribution in [3.63, 3.8) is 0 Å². The summed E-state index contributed by atoms with van der Waals surface area (Å²) in [5, 5.41) is 6.86. The highest BCUT2D eigenvalue weighted by atomic mass is 16.5. The Morgan fingerprint density at radius 2 is 2.32 bits per heavy atom. The summed E-state index contributed by atoms with van der Waals surface area (Å²) in [4.78, 5) is 18.3. The average molecular weight is 310 g/mol. The Morgan fingerprint density at radius 3 is 2.91 bits per heavy atom. The minimum absolute atomic E-state index is 0.0926. The van der Waals surface area contributed by atoms with Crippen molar-refractivity contribution >= 4 is 6.03 Å². The number of nitrogens with zero attached hydrogens (tertiary/aromatic N) is 3. The molecule has 1 aromatic rings. The van der Waals surface area contributed by atoms with Crippen LogP contribution in [0.25, 0.3) is 0 Å². The van der Waals surface area contributed by atoms with E-state index >= 15 is 0 Å². The third-order valence-electron chi connectivity index (χ3n) is 3.66. The fraction of sp³-hybridized carbons (Fsp3) is 0.800. The number of rotatable bonds is 6. The third kappa shape index (κ3) is 4.43. The van der Waals surface area contributed by atoms with Gasteiger partial charge in [0.25, 0.3) is 0 Å². The van der Waals surface area contributed by atoms with E-state index in [0.29, 0.717) is 30.6 Å². The summed E-state index contributed by atoms with van der Waals surface area (Å²) in [6, 6.07) is -0.314. The van der Waals surface area contributed by atoms with Crippen molar-refractivity contribution in [1.29, 1.82) is 0 Å². The molecule has 0 unspecified atom stereocenters. The SMILES string of the molecule is CC[C@@H](NC(=O)N1CC[C@H](OCC(C)C)C1)c1noc(C)n1. The molecule has 0 aliphatic carbocycles. The van der Waals surface area contributed by atoms with Gasteiger partial charge in [0.1, 0.15) is 0 Å². The molecule has 22 heavy (non-hydrogen) atoms. The van der Waals surface area contributed by atoms with Gasteiger partial charge in [0.15, 0.2) is 5.82 Å². The number of aryl methyl sites for hydroxylation is 1. The van der Waals surface area contributed by atoms with Crippen LogP contribution in [0.15, 0.2) is 4.52 Å². The Bertz CT molecular complexity index is 489. The number of nitrogens with one attached hydrogen (secondary N) is 1. The zero-order valence-corrected chi connectivity index (χ0v) is 13.8. The molecule has 0 radical (unpaired) electrons. The number of urea groups is 1. The number of carbonyl (C=O) groups excluding carboxylic acids is 1. The summed E-state index contributed by atoms with van der Waals surface area (Å²) in [6.07, 6.45) is 1.74. The molecule has 124 valence electrons. The second-order valence-corrected chi connectivity index (χ2v) is 6.17. The second kappa shape index (κ2) is 7.58. The van der Waals surface area contributed by atoms with Crippen molar-refractivity contribution < 1.29 is 14.1 Å². The number of likely N-dealkylation sites (tertiary alicyclic amines) is 1. The van der Waals surface area contributed by atoms with E-state index in [9.17, 15) is 4.79 Å². The van der Waals surface area contributed by atoms with Crippen molar-refractivity contribution in [3.8, 4) is 0 Å². The Kier molecular flexibility index (Phi) is 5.76. The summed E-state index contributed by atoms with van der Waals surface area (Å²) in [5.74, 6) is 1.54. The lowest BCUT2D eigenvalue weighted by atomic mass is 10.2. The molecular weight excluding hydrogens is 284 g/mol. The molecule has 7 nitrogen and oxygen atoms in total. The van der Waals surface area contributed by atoms with Gasteiger partial charge in [0, 0.05) is 26.6 Å². The van der Waals surface area contributed by atoms with Crippen LogP contribution in [0.2, 0.25) is 0 Å². The molecule has 1 aliphatic heterocycles. The summed E-state index contributed by atoms with van der Waals surface area (Å²) in [6.45, 7) is 10.1. The van der Waals surface area contributed by atoms with Crippen molar-refractivity contribution in [1.82, 2.24) is 20.4 Å². The molecule has 2 heterocycles. The Hall–Kier alpha value is -1.63. The smallest absolute Gasteiger partial charge is 0.318 e. The maximum absolute atomic E-state index is 12.4. The first-order valence-electron chi connectivity index (χ1n) is 7.96. The maximum Gasteiger partial charge on any atom is 0.318 e. The lowest BCUT2D eigenvalue weighted by Crippen LogP contribution is -2.41. The van der Waals surface area contributed by atoms with Crippen molar-refractivity contribution in [2.24, 2.45) is 5.92 Å². The van der Waals surface area contributed by atoms with E-state index in [4.69, 9.17) is 9.26 Å². The quantitative estimate of drug-likeness (QED) is 0.872. The van der Waals surface area contributed by atoms with Gasteiger partial charge < -0.3 is 19.5 Å². The number of amides is 2.